The second kappa shape index (κ2) is 7.73. The van der Waals surface area contributed by atoms with Gasteiger partial charge in [0.15, 0.2) is 0 Å². The average molecular weight is 274 g/mol. The first-order valence-corrected chi connectivity index (χ1v) is 8.39. The number of nitrogens with zero attached hydrogens (tertiary/aromatic N) is 1. The monoisotopic (exact) mass is 274 g/mol. The second-order valence-corrected chi connectivity index (χ2v) is 6.97. The molecule has 0 radical (unpaired) electrons. The Morgan fingerprint density at radius 1 is 1.39 bits per heavy atom. The van der Waals surface area contributed by atoms with E-state index in [1.165, 1.54) is 12.2 Å². The van der Waals surface area contributed by atoms with Gasteiger partial charge in [0.25, 0.3) is 0 Å². The van der Waals surface area contributed by atoms with Crippen LogP contribution in [0.15, 0.2) is 0 Å². The molecular formula is C14H30N2OS. The number of hydrogen-bond acceptors (Lipinski definition) is 4. The summed E-state index contributed by atoms with van der Waals surface area (Å²) >= 11 is 1.92. The van der Waals surface area contributed by atoms with Gasteiger partial charge in [0.1, 0.15) is 0 Å². The van der Waals surface area contributed by atoms with Crippen LogP contribution in [0.5, 0.6) is 0 Å². The fourth-order valence-corrected chi connectivity index (χ4v) is 3.18. The highest BCUT2D eigenvalue weighted by Gasteiger charge is 2.36. The van der Waals surface area contributed by atoms with Crippen molar-refractivity contribution in [2.45, 2.75) is 39.3 Å². The van der Waals surface area contributed by atoms with Crippen molar-refractivity contribution in [1.82, 2.24) is 10.2 Å². The summed E-state index contributed by atoms with van der Waals surface area (Å²) in [7, 11) is 2.25. The fraction of sp³-hybridized carbons (Fsp3) is 1.00. The molecule has 4 heteroatoms. The van der Waals surface area contributed by atoms with Crippen molar-refractivity contribution in [3.8, 4) is 0 Å². The third-order valence-electron chi connectivity index (χ3n) is 3.82. The van der Waals surface area contributed by atoms with E-state index in [1.54, 1.807) is 0 Å². The molecule has 3 nitrogen and oxygen atoms in total. The molecule has 2 unspecified atom stereocenters. The maximum atomic E-state index is 5.66. The molecule has 1 rings (SSSR count). The lowest BCUT2D eigenvalue weighted by Crippen LogP contribution is -2.47. The summed E-state index contributed by atoms with van der Waals surface area (Å²) in [6.45, 7) is 10.8. The van der Waals surface area contributed by atoms with Gasteiger partial charge in [0.2, 0.25) is 0 Å². The van der Waals surface area contributed by atoms with Crippen molar-refractivity contribution in [2.75, 3.05) is 45.4 Å². The highest BCUT2D eigenvalue weighted by atomic mass is 32.2. The molecule has 0 aromatic rings. The third kappa shape index (κ3) is 5.08. The maximum Gasteiger partial charge on any atom is 0.0547 e. The highest BCUT2D eigenvalue weighted by Crippen LogP contribution is 2.29. The zero-order valence-corrected chi connectivity index (χ0v) is 13.5. The van der Waals surface area contributed by atoms with Crippen LogP contribution in [0.3, 0.4) is 0 Å². The van der Waals surface area contributed by atoms with Gasteiger partial charge in [-0.15, -0.1) is 0 Å². The second-order valence-electron chi connectivity index (χ2n) is 6.06. The summed E-state index contributed by atoms with van der Waals surface area (Å²) in [6, 6.07) is 1.19. The standard InChI is InChI=1S/C14H30N2OS/c1-12(2)15-9-14(6-7-17-11-14)10-16(4)13(3)8-18-5/h12-13,15H,6-11H2,1-5H3. The average Bonchev–Trinajstić information content (AvgIpc) is 2.76. The number of ether oxygens (including phenoxy) is 1. The molecule has 0 spiro atoms. The predicted octanol–water partition coefficient (Wildman–Crippen LogP) is 2.07. The zero-order valence-electron chi connectivity index (χ0n) is 12.7. The lowest BCUT2D eigenvalue weighted by molar-refractivity contribution is 0.107. The maximum absolute atomic E-state index is 5.66. The van der Waals surface area contributed by atoms with E-state index in [-0.39, 0.29) is 0 Å². The molecule has 1 saturated heterocycles. The molecule has 0 amide bonds. The van der Waals surface area contributed by atoms with Crippen LogP contribution in [0, 0.1) is 5.41 Å². The smallest absolute Gasteiger partial charge is 0.0547 e. The summed E-state index contributed by atoms with van der Waals surface area (Å²) in [5, 5.41) is 3.59. The molecule has 1 aliphatic heterocycles. The minimum absolute atomic E-state index is 0.311. The first kappa shape index (κ1) is 16.3. The summed E-state index contributed by atoms with van der Waals surface area (Å²) in [5.41, 5.74) is 0.311. The lowest BCUT2D eigenvalue weighted by atomic mass is 9.86. The van der Waals surface area contributed by atoms with Gasteiger partial charge in [0.05, 0.1) is 6.61 Å². The fourth-order valence-electron chi connectivity index (χ4n) is 2.44. The van der Waals surface area contributed by atoms with Crippen molar-refractivity contribution in [3.63, 3.8) is 0 Å². The molecule has 2 atom stereocenters. The van der Waals surface area contributed by atoms with Gasteiger partial charge in [-0.3, -0.25) is 0 Å². The van der Waals surface area contributed by atoms with Crippen LogP contribution >= 0.6 is 11.8 Å². The van der Waals surface area contributed by atoms with Crippen LogP contribution in [0.4, 0.5) is 0 Å². The zero-order chi connectivity index (χ0) is 13.6. The molecule has 108 valence electrons. The number of thioether (sulfide) groups is 1. The van der Waals surface area contributed by atoms with Crippen molar-refractivity contribution in [1.29, 1.82) is 0 Å². The SMILES string of the molecule is CSCC(C)N(C)CC1(CNC(C)C)CCOC1. The third-order valence-corrected chi connectivity index (χ3v) is 4.63. The largest absolute Gasteiger partial charge is 0.381 e. The molecule has 0 aliphatic carbocycles. The Kier molecular flexibility index (Phi) is 6.99. The van der Waals surface area contributed by atoms with Crippen molar-refractivity contribution in [3.05, 3.63) is 0 Å². The molecule has 18 heavy (non-hydrogen) atoms. The Hall–Kier alpha value is 0.230. The quantitative estimate of drug-likeness (QED) is 0.732. The number of rotatable bonds is 8. The van der Waals surface area contributed by atoms with E-state index < -0.39 is 0 Å². The number of nitrogens with one attached hydrogen (secondary N) is 1. The Labute approximate surface area is 117 Å². The van der Waals surface area contributed by atoms with Gasteiger partial charge in [-0.25, -0.2) is 0 Å². The van der Waals surface area contributed by atoms with Crippen molar-refractivity contribution >= 4 is 11.8 Å². The van der Waals surface area contributed by atoms with Crippen LogP contribution in [0.1, 0.15) is 27.2 Å². The predicted molar refractivity (Wildman–Crippen MR) is 81.5 cm³/mol. The minimum atomic E-state index is 0.311. The lowest BCUT2D eigenvalue weighted by Gasteiger charge is -2.36. The Morgan fingerprint density at radius 3 is 2.61 bits per heavy atom. The molecule has 0 bridgehead atoms. The molecular weight excluding hydrogens is 244 g/mol. The molecule has 1 aliphatic rings. The van der Waals surface area contributed by atoms with Crippen LogP contribution in [0.2, 0.25) is 0 Å². The molecule has 1 fully saturated rings. The van der Waals surface area contributed by atoms with Crippen molar-refractivity contribution < 1.29 is 4.74 Å². The van der Waals surface area contributed by atoms with Gasteiger partial charge in [-0.1, -0.05) is 13.8 Å². The van der Waals surface area contributed by atoms with Crippen LogP contribution < -0.4 is 5.32 Å². The van der Waals surface area contributed by atoms with E-state index in [4.69, 9.17) is 4.74 Å². The summed E-state index contributed by atoms with van der Waals surface area (Å²) in [4.78, 5) is 2.49. The van der Waals surface area contributed by atoms with E-state index in [9.17, 15) is 0 Å². The number of hydrogen-bond donors (Lipinski definition) is 1. The Morgan fingerprint density at radius 2 is 2.11 bits per heavy atom. The minimum Gasteiger partial charge on any atom is -0.381 e. The van der Waals surface area contributed by atoms with E-state index >= 15 is 0 Å². The van der Waals surface area contributed by atoms with Gasteiger partial charge < -0.3 is 15.0 Å². The van der Waals surface area contributed by atoms with Crippen LogP contribution in [-0.2, 0) is 4.74 Å². The van der Waals surface area contributed by atoms with Gasteiger partial charge in [0, 0.05) is 42.9 Å². The Balaban J connectivity index is 2.51. The first-order chi connectivity index (χ1) is 8.49. The van der Waals surface area contributed by atoms with Gasteiger partial charge >= 0.3 is 0 Å². The van der Waals surface area contributed by atoms with Crippen LogP contribution in [0.25, 0.3) is 0 Å². The Bertz CT molecular complexity index is 230. The van der Waals surface area contributed by atoms with Crippen LogP contribution in [-0.4, -0.2) is 62.3 Å². The van der Waals surface area contributed by atoms with E-state index in [0.29, 0.717) is 17.5 Å². The molecule has 1 heterocycles. The molecule has 0 aromatic carbocycles. The van der Waals surface area contributed by atoms with Gasteiger partial charge in [-0.05, 0) is 26.6 Å². The van der Waals surface area contributed by atoms with E-state index in [2.05, 4.69) is 44.3 Å². The normalized spacial score (nSPS) is 26.2. The topological polar surface area (TPSA) is 24.5 Å². The van der Waals surface area contributed by atoms with Gasteiger partial charge in [-0.2, -0.15) is 11.8 Å². The van der Waals surface area contributed by atoms with Crippen molar-refractivity contribution in [2.24, 2.45) is 5.41 Å². The van der Waals surface area contributed by atoms with E-state index in [1.807, 2.05) is 11.8 Å². The molecule has 0 saturated carbocycles. The molecule has 0 aromatic heterocycles. The first-order valence-electron chi connectivity index (χ1n) is 6.99. The van der Waals surface area contributed by atoms with E-state index in [0.717, 1.165) is 26.3 Å². The summed E-state index contributed by atoms with van der Waals surface area (Å²) in [6.07, 6.45) is 3.36. The molecule has 1 N–H and O–H groups in total. The summed E-state index contributed by atoms with van der Waals surface area (Å²) in [5.74, 6) is 1.20. The highest BCUT2D eigenvalue weighted by molar-refractivity contribution is 7.98. The summed E-state index contributed by atoms with van der Waals surface area (Å²) < 4.78 is 5.66.